The number of benzene rings is 1. The molecule has 0 saturated carbocycles. The molecule has 2 heterocycles. The number of aryl methyl sites for hydroxylation is 1. The van der Waals surface area contributed by atoms with Gasteiger partial charge in [-0.15, -0.1) is 0 Å². The Morgan fingerprint density at radius 2 is 2.04 bits per heavy atom. The summed E-state index contributed by atoms with van der Waals surface area (Å²) < 4.78 is 10.4. The second kappa shape index (κ2) is 6.31. The number of carbonyl (C=O) groups is 1. The van der Waals surface area contributed by atoms with Crippen LogP contribution >= 0.6 is 0 Å². The summed E-state index contributed by atoms with van der Waals surface area (Å²) in [6.45, 7) is 2.34. The summed E-state index contributed by atoms with van der Waals surface area (Å²) >= 11 is 0. The monoisotopic (exact) mass is 310 g/mol. The first kappa shape index (κ1) is 14.8. The maximum Gasteiger partial charge on any atom is 0.374 e. The zero-order valence-corrected chi connectivity index (χ0v) is 12.4. The van der Waals surface area contributed by atoms with Gasteiger partial charge in [-0.25, -0.2) is 9.78 Å². The molecule has 0 unspecified atom stereocenters. The first-order chi connectivity index (χ1) is 11.1. The fourth-order valence-corrected chi connectivity index (χ4v) is 2.06. The molecule has 3 rings (SSSR count). The number of hydrogen-bond acceptors (Lipinski definition) is 5. The standard InChI is InChI=1S/C17H14N2O4/c1-11-3-2-8-18-16(11)22-10-12-4-6-13(7-5-12)14-9-15(17(20)21)23-19-14/h2-9H,10H2,1H3,(H,20,21). The molecule has 1 aromatic carbocycles. The summed E-state index contributed by atoms with van der Waals surface area (Å²) in [5.41, 5.74) is 3.21. The number of rotatable bonds is 5. The second-order valence-corrected chi connectivity index (χ2v) is 4.99. The zero-order chi connectivity index (χ0) is 16.2. The molecule has 0 fully saturated rings. The molecular weight excluding hydrogens is 296 g/mol. The summed E-state index contributed by atoms with van der Waals surface area (Å²) in [6, 6.07) is 12.7. The van der Waals surface area contributed by atoms with Crippen molar-refractivity contribution < 1.29 is 19.2 Å². The van der Waals surface area contributed by atoms with Crippen LogP contribution in [0.5, 0.6) is 5.88 Å². The Morgan fingerprint density at radius 3 is 2.70 bits per heavy atom. The molecule has 6 heteroatoms. The van der Waals surface area contributed by atoms with Crippen LogP contribution in [0, 0.1) is 6.92 Å². The molecule has 1 N–H and O–H groups in total. The minimum absolute atomic E-state index is 0.182. The Morgan fingerprint density at radius 1 is 1.26 bits per heavy atom. The third-order valence-corrected chi connectivity index (χ3v) is 3.31. The Bertz CT molecular complexity index is 825. The van der Waals surface area contributed by atoms with Gasteiger partial charge < -0.3 is 14.4 Å². The molecule has 116 valence electrons. The minimum atomic E-state index is -1.14. The summed E-state index contributed by atoms with van der Waals surface area (Å²) in [5.74, 6) is -0.711. The molecule has 6 nitrogen and oxygen atoms in total. The van der Waals surface area contributed by atoms with Gasteiger partial charge in [0.1, 0.15) is 12.3 Å². The van der Waals surface area contributed by atoms with Crippen molar-refractivity contribution in [3.63, 3.8) is 0 Å². The smallest absolute Gasteiger partial charge is 0.374 e. The topological polar surface area (TPSA) is 85.5 Å². The van der Waals surface area contributed by atoms with Crippen molar-refractivity contribution >= 4 is 5.97 Å². The first-order valence-corrected chi connectivity index (χ1v) is 6.97. The number of carboxylic acid groups (broad SMARTS) is 1. The Balaban J connectivity index is 1.69. The van der Waals surface area contributed by atoms with Crippen molar-refractivity contribution in [2.75, 3.05) is 0 Å². The quantitative estimate of drug-likeness (QED) is 0.778. The highest BCUT2D eigenvalue weighted by Crippen LogP contribution is 2.21. The van der Waals surface area contributed by atoms with Gasteiger partial charge in [0.05, 0.1) is 0 Å². The number of hydrogen-bond donors (Lipinski definition) is 1. The highest BCUT2D eigenvalue weighted by molar-refractivity contribution is 5.85. The molecule has 0 bridgehead atoms. The maximum absolute atomic E-state index is 10.8. The zero-order valence-electron chi connectivity index (χ0n) is 12.4. The number of ether oxygens (including phenoxy) is 1. The van der Waals surface area contributed by atoms with E-state index in [9.17, 15) is 4.79 Å². The van der Waals surface area contributed by atoms with Crippen molar-refractivity contribution in [1.82, 2.24) is 10.1 Å². The van der Waals surface area contributed by atoms with Crippen molar-refractivity contribution in [3.8, 4) is 17.1 Å². The van der Waals surface area contributed by atoms with Gasteiger partial charge in [0.15, 0.2) is 0 Å². The molecule has 0 aliphatic rings. The summed E-state index contributed by atoms with van der Waals surface area (Å²) in [4.78, 5) is 15.0. The fourth-order valence-electron chi connectivity index (χ4n) is 2.06. The number of aromatic carboxylic acids is 1. The van der Waals surface area contributed by atoms with Gasteiger partial charge in [-0.05, 0) is 18.6 Å². The van der Waals surface area contributed by atoms with Gasteiger partial charge in [-0.1, -0.05) is 35.5 Å². The summed E-state index contributed by atoms with van der Waals surface area (Å²) in [7, 11) is 0. The third-order valence-electron chi connectivity index (χ3n) is 3.31. The predicted molar refractivity (Wildman–Crippen MR) is 82.2 cm³/mol. The molecule has 0 aliphatic heterocycles. The highest BCUT2D eigenvalue weighted by Gasteiger charge is 2.12. The lowest BCUT2D eigenvalue weighted by Crippen LogP contribution is -1.98. The van der Waals surface area contributed by atoms with Crippen molar-refractivity contribution in [2.24, 2.45) is 0 Å². The molecule has 2 aromatic heterocycles. The third kappa shape index (κ3) is 3.37. The van der Waals surface area contributed by atoms with Crippen molar-refractivity contribution in [1.29, 1.82) is 0 Å². The molecule has 0 spiro atoms. The number of aromatic nitrogens is 2. The van der Waals surface area contributed by atoms with Crippen LogP contribution in [-0.2, 0) is 6.61 Å². The molecule has 0 amide bonds. The van der Waals surface area contributed by atoms with Gasteiger partial charge in [-0.3, -0.25) is 0 Å². The van der Waals surface area contributed by atoms with E-state index < -0.39 is 5.97 Å². The van der Waals surface area contributed by atoms with E-state index in [-0.39, 0.29) is 5.76 Å². The van der Waals surface area contributed by atoms with E-state index in [0.29, 0.717) is 18.2 Å². The Hall–Kier alpha value is -3.15. The first-order valence-electron chi connectivity index (χ1n) is 6.97. The predicted octanol–water partition coefficient (Wildman–Crippen LogP) is 3.32. The van der Waals surface area contributed by atoms with Crippen LogP contribution in [-0.4, -0.2) is 21.2 Å². The molecule has 0 aliphatic carbocycles. The lowest BCUT2D eigenvalue weighted by molar-refractivity contribution is 0.0652. The molecule has 0 radical (unpaired) electrons. The lowest BCUT2D eigenvalue weighted by atomic mass is 10.1. The largest absolute Gasteiger partial charge is 0.475 e. The molecule has 23 heavy (non-hydrogen) atoms. The number of pyridine rings is 1. The number of carboxylic acids is 1. The van der Waals surface area contributed by atoms with Crippen molar-refractivity contribution in [2.45, 2.75) is 13.5 Å². The van der Waals surface area contributed by atoms with E-state index >= 15 is 0 Å². The second-order valence-electron chi connectivity index (χ2n) is 4.99. The normalized spacial score (nSPS) is 10.5. The molecule has 0 saturated heterocycles. The van der Waals surface area contributed by atoms with Gasteiger partial charge in [0, 0.05) is 23.4 Å². The Kier molecular flexibility index (Phi) is 4.05. The van der Waals surface area contributed by atoms with E-state index in [2.05, 4.69) is 10.1 Å². The van der Waals surface area contributed by atoms with Gasteiger partial charge in [0.25, 0.3) is 0 Å². The van der Waals surface area contributed by atoms with E-state index in [1.54, 1.807) is 6.20 Å². The van der Waals surface area contributed by atoms with Crippen LogP contribution in [0.2, 0.25) is 0 Å². The molecule has 3 aromatic rings. The van der Waals surface area contributed by atoms with Crippen LogP contribution < -0.4 is 4.74 Å². The van der Waals surface area contributed by atoms with Gasteiger partial charge >= 0.3 is 5.97 Å². The summed E-state index contributed by atoms with van der Waals surface area (Å²) in [6.07, 6.45) is 1.69. The SMILES string of the molecule is Cc1cccnc1OCc1ccc(-c2cc(C(=O)O)on2)cc1. The average Bonchev–Trinajstić information content (AvgIpc) is 3.05. The van der Waals surface area contributed by atoms with E-state index in [1.807, 2.05) is 43.3 Å². The Labute approximate surface area is 132 Å². The van der Waals surface area contributed by atoms with Crippen LogP contribution in [0.15, 0.2) is 53.2 Å². The molecular formula is C17H14N2O4. The van der Waals surface area contributed by atoms with Gasteiger partial charge in [0.2, 0.25) is 11.6 Å². The fraction of sp³-hybridized carbons (Fsp3) is 0.118. The lowest BCUT2D eigenvalue weighted by Gasteiger charge is -2.07. The maximum atomic E-state index is 10.8. The van der Waals surface area contributed by atoms with Gasteiger partial charge in [-0.2, -0.15) is 0 Å². The molecule has 0 atom stereocenters. The van der Waals surface area contributed by atoms with Crippen LogP contribution in [0.3, 0.4) is 0 Å². The summed E-state index contributed by atoms with van der Waals surface area (Å²) in [5, 5.41) is 12.6. The average molecular weight is 310 g/mol. The van der Waals surface area contributed by atoms with Crippen LogP contribution in [0.25, 0.3) is 11.3 Å². The van der Waals surface area contributed by atoms with E-state index in [0.717, 1.165) is 16.7 Å². The van der Waals surface area contributed by atoms with E-state index in [1.165, 1.54) is 6.07 Å². The minimum Gasteiger partial charge on any atom is -0.475 e. The van der Waals surface area contributed by atoms with Crippen LogP contribution in [0.4, 0.5) is 0 Å². The highest BCUT2D eigenvalue weighted by atomic mass is 16.5. The van der Waals surface area contributed by atoms with E-state index in [4.69, 9.17) is 14.4 Å². The van der Waals surface area contributed by atoms with Crippen LogP contribution in [0.1, 0.15) is 21.7 Å². The van der Waals surface area contributed by atoms with Crippen molar-refractivity contribution in [3.05, 3.63) is 65.5 Å². The number of nitrogens with zero attached hydrogens (tertiary/aromatic N) is 2.